The Bertz CT molecular complexity index is 3360. The monoisotopic (exact) mass is 731 g/mol. The molecule has 0 saturated heterocycles. The van der Waals surface area contributed by atoms with Crippen LogP contribution in [0.2, 0.25) is 0 Å². The molecule has 5 nitrogen and oxygen atoms in total. The van der Waals surface area contributed by atoms with Gasteiger partial charge in [0.25, 0.3) is 0 Å². The van der Waals surface area contributed by atoms with Crippen LogP contribution in [0.3, 0.4) is 0 Å². The van der Waals surface area contributed by atoms with Crippen LogP contribution in [0.15, 0.2) is 185 Å². The SMILES string of the molecule is C=C1/C=C\C=C/C/C(c2nc(-c3ccc4ccc(-c5cccc6oc7ccccc7c56)cc4c3)nc(-c3cccc4oc5ccccc5c34)n2)=C\c2ccccc21. The van der Waals surface area contributed by atoms with Gasteiger partial charge in [0.15, 0.2) is 17.5 Å². The van der Waals surface area contributed by atoms with Crippen molar-refractivity contribution in [1.29, 1.82) is 0 Å². The Morgan fingerprint density at radius 2 is 1.07 bits per heavy atom. The highest BCUT2D eigenvalue weighted by Crippen LogP contribution is 2.39. The standard InChI is InChI=1S/C52H33N3O2/c1-32-13-3-2-4-15-36(29-34-14-5-6-16-39(32)34)50-53-51(55-52(54-50)43-20-12-24-47-49(43)42-18-8-10-22-45(42)57-47)37-28-26-33-25-27-35(30-38(33)31-37)40-19-11-23-46-48(40)41-17-7-9-21-44(41)56-46/h2-14,16-31H,1,15H2/b4-2-,13-3-,36-29+. The number of rotatable bonds is 4. The van der Waals surface area contributed by atoms with Crippen molar-refractivity contribution in [3.8, 4) is 33.9 Å². The van der Waals surface area contributed by atoms with Crippen LogP contribution >= 0.6 is 0 Å². The van der Waals surface area contributed by atoms with Gasteiger partial charge in [-0.15, -0.1) is 0 Å². The highest BCUT2D eigenvalue weighted by Gasteiger charge is 2.20. The number of aromatic nitrogens is 3. The molecule has 11 rings (SSSR count). The Kier molecular flexibility index (Phi) is 7.64. The molecule has 3 aromatic heterocycles. The van der Waals surface area contributed by atoms with Crippen molar-refractivity contribution in [3.63, 3.8) is 0 Å². The number of allylic oxidation sites excluding steroid dienone is 6. The first-order valence-electron chi connectivity index (χ1n) is 19.1. The van der Waals surface area contributed by atoms with Crippen molar-refractivity contribution in [2.75, 3.05) is 0 Å². The minimum atomic E-state index is 0.582. The van der Waals surface area contributed by atoms with Crippen LogP contribution < -0.4 is 0 Å². The van der Waals surface area contributed by atoms with Gasteiger partial charge in [-0.1, -0.05) is 140 Å². The van der Waals surface area contributed by atoms with Gasteiger partial charge < -0.3 is 8.83 Å². The van der Waals surface area contributed by atoms with Gasteiger partial charge in [-0.3, -0.25) is 0 Å². The van der Waals surface area contributed by atoms with E-state index in [2.05, 4.69) is 116 Å². The molecule has 0 saturated carbocycles. The number of hydrogen-bond donors (Lipinski definition) is 0. The topological polar surface area (TPSA) is 65.0 Å². The molecule has 1 aliphatic rings. The zero-order valence-corrected chi connectivity index (χ0v) is 30.8. The van der Waals surface area contributed by atoms with Crippen LogP contribution in [-0.2, 0) is 0 Å². The van der Waals surface area contributed by atoms with E-state index in [1.165, 1.54) is 0 Å². The fraction of sp³-hybridized carbons (Fsp3) is 0.0192. The number of para-hydroxylation sites is 2. The highest BCUT2D eigenvalue weighted by atomic mass is 16.3. The first-order valence-corrected chi connectivity index (χ1v) is 19.1. The van der Waals surface area contributed by atoms with E-state index in [1.807, 2.05) is 66.7 Å². The Labute approximate surface area is 328 Å². The fourth-order valence-electron chi connectivity index (χ4n) is 8.15. The van der Waals surface area contributed by atoms with Crippen molar-refractivity contribution in [3.05, 3.63) is 193 Å². The minimum absolute atomic E-state index is 0.582. The van der Waals surface area contributed by atoms with Gasteiger partial charge in [-0.05, 0) is 87.5 Å². The Morgan fingerprint density at radius 3 is 1.86 bits per heavy atom. The van der Waals surface area contributed by atoms with Crippen molar-refractivity contribution in [1.82, 2.24) is 15.0 Å². The van der Waals surface area contributed by atoms with Crippen LogP contribution in [0.5, 0.6) is 0 Å². The summed E-state index contributed by atoms with van der Waals surface area (Å²) in [5, 5.41) is 6.43. The molecule has 0 fully saturated rings. The van der Waals surface area contributed by atoms with Crippen LogP contribution in [0, 0.1) is 0 Å². The van der Waals surface area contributed by atoms with Crippen molar-refractivity contribution >= 4 is 71.9 Å². The zero-order chi connectivity index (χ0) is 37.9. The summed E-state index contributed by atoms with van der Waals surface area (Å²) in [6.07, 6.45) is 11.1. The predicted molar refractivity (Wildman–Crippen MR) is 234 cm³/mol. The van der Waals surface area contributed by atoms with Gasteiger partial charge >= 0.3 is 0 Å². The highest BCUT2D eigenvalue weighted by molar-refractivity contribution is 6.13. The second-order valence-corrected chi connectivity index (χ2v) is 14.4. The van der Waals surface area contributed by atoms with Crippen molar-refractivity contribution in [2.45, 2.75) is 6.42 Å². The number of hydrogen-bond acceptors (Lipinski definition) is 5. The van der Waals surface area contributed by atoms with Crippen LogP contribution in [0.1, 0.15) is 23.4 Å². The summed E-state index contributed by atoms with van der Waals surface area (Å²) in [5.41, 5.74) is 11.4. The van der Waals surface area contributed by atoms with E-state index in [9.17, 15) is 0 Å². The van der Waals surface area contributed by atoms with E-state index in [4.69, 9.17) is 23.8 Å². The number of nitrogens with zero attached hydrogens (tertiary/aromatic N) is 3. The second-order valence-electron chi connectivity index (χ2n) is 14.4. The predicted octanol–water partition coefficient (Wildman–Crippen LogP) is 13.9. The molecule has 0 N–H and O–H groups in total. The molecular weight excluding hydrogens is 699 g/mol. The molecule has 1 aliphatic carbocycles. The molecule has 0 unspecified atom stereocenters. The molecule has 0 bridgehead atoms. The van der Waals surface area contributed by atoms with Crippen molar-refractivity contribution in [2.24, 2.45) is 0 Å². The fourth-order valence-corrected chi connectivity index (χ4v) is 8.15. The molecule has 3 heterocycles. The first-order chi connectivity index (χ1) is 28.1. The third kappa shape index (κ3) is 5.68. The van der Waals surface area contributed by atoms with Gasteiger partial charge in [0.05, 0.1) is 0 Å². The summed E-state index contributed by atoms with van der Waals surface area (Å²) in [6, 6.07) is 50.1. The lowest BCUT2D eigenvalue weighted by Crippen LogP contribution is -2.03. The molecule has 0 amide bonds. The zero-order valence-electron chi connectivity index (χ0n) is 30.8. The normalized spacial score (nSPS) is 15.2. The van der Waals surface area contributed by atoms with E-state index in [0.29, 0.717) is 23.9 Å². The average Bonchev–Trinajstić information content (AvgIpc) is 3.84. The van der Waals surface area contributed by atoms with Gasteiger partial charge in [-0.25, -0.2) is 15.0 Å². The molecule has 0 atom stereocenters. The molecular formula is C52H33N3O2. The smallest absolute Gasteiger partial charge is 0.164 e. The molecule has 5 heteroatoms. The second kappa shape index (κ2) is 13.3. The first kappa shape index (κ1) is 32.8. The van der Waals surface area contributed by atoms with Crippen LogP contribution in [0.4, 0.5) is 0 Å². The maximum absolute atomic E-state index is 6.31. The summed E-state index contributed by atoms with van der Waals surface area (Å²) < 4.78 is 12.6. The van der Waals surface area contributed by atoms with Gasteiger partial charge in [0.2, 0.25) is 0 Å². The lowest BCUT2D eigenvalue weighted by molar-refractivity contribution is 0.668. The molecule has 57 heavy (non-hydrogen) atoms. The van der Waals surface area contributed by atoms with Gasteiger partial charge in [-0.2, -0.15) is 0 Å². The van der Waals surface area contributed by atoms with E-state index >= 15 is 0 Å². The molecule has 0 aliphatic heterocycles. The van der Waals surface area contributed by atoms with Crippen LogP contribution in [-0.4, -0.2) is 15.0 Å². The molecule has 10 aromatic rings. The van der Waals surface area contributed by atoms with E-state index in [-0.39, 0.29) is 0 Å². The maximum atomic E-state index is 6.31. The lowest BCUT2D eigenvalue weighted by atomic mass is 9.96. The van der Waals surface area contributed by atoms with E-state index < -0.39 is 0 Å². The van der Waals surface area contributed by atoms with Crippen molar-refractivity contribution < 1.29 is 8.83 Å². The Hall–Kier alpha value is -7.63. The molecule has 7 aromatic carbocycles. The van der Waals surface area contributed by atoms with Crippen LogP contribution in [0.25, 0.3) is 106 Å². The Morgan fingerprint density at radius 1 is 0.474 bits per heavy atom. The number of benzene rings is 7. The minimum Gasteiger partial charge on any atom is -0.456 e. The molecule has 0 spiro atoms. The third-order valence-electron chi connectivity index (χ3n) is 10.9. The average molecular weight is 732 g/mol. The van der Waals surface area contributed by atoms with Gasteiger partial charge in [0, 0.05) is 38.2 Å². The van der Waals surface area contributed by atoms with E-state index in [0.717, 1.165) is 99.2 Å². The number of fused-ring (bicyclic) bond motifs is 8. The van der Waals surface area contributed by atoms with Gasteiger partial charge in [0.1, 0.15) is 22.3 Å². The molecule has 268 valence electrons. The largest absolute Gasteiger partial charge is 0.456 e. The Balaban J connectivity index is 1.12. The molecule has 0 radical (unpaired) electrons. The summed E-state index contributed by atoms with van der Waals surface area (Å²) in [5.74, 6) is 1.79. The quantitative estimate of drug-likeness (QED) is 0.180. The summed E-state index contributed by atoms with van der Waals surface area (Å²) in [4.78, 5) is 15.8. The number of furan rings is 2. The summed E-state index contributed by atoms with van der Waals surface area (Å²) in [6.45, 7) is 4.35. The van der Waals surface area contributed by atoms with E-state index in [1.54, 1.807) is 0 Å². The summed E-state index contributed by atoms with van der Waals surface area (Å²) in [7, 11) is 0. The lowest BCUT2D eigenvalue weighted by Gasteiger charge is -2.13. The third-order valence-corrected chi connectivity index (χ3v) is 10.9. The maximum Gasteiger partial charge on any atom is 0.164 e. The summed E-state index contributed by atoms with van der Waals surface area (Å²) >= 11 is 0.